The molecule has 0 saturated heterocycles. The molecule has 0 N–H and O–H groups in total. The van der Waals surface area contributed by atoms with E-state index in [1.54, 1.807) is 12.1 Å². The van der Waals surface area contributed by atoms with E-state index in [4.69, 9.17) is 10.00 Å². The largest absolute Gasteiger partial charge is 0.461 e. The summed E-state index contributed by atoms with van der Waals surface area (Å²) in [4.78, 5) is 11.6. The number of nitriles is 1. The van der Waals surface area contributed by atoms with Gasteiger partial charge in [0, 0.05) is 0 Å². The Balaban J connectivity index is 1.76. The van der Waals surface area contributed by atoms with Crippen molar-refractivity contribution >= 4 is 5.97 Å². The third-order valence-electron chi connectivity index (χ3n) is 2.81. The van der Waals surface area contributed by atoms with Gasteiger partial charge in [-0.3, -0.25) is 4.79 Å². The van der Waals surface area contributed by atoms with Crippen LogP contribution in [-0.2, 0) is 22.6 Å². The molecule has 0 spiro atoms. The fourth-order valence-corrected chi connectivity index (χ4v) is 1.70. The third kappa shape index (κ3) is 4.25. The zero-order chi connectivity index (χ0) is 14.2. The van der Waals surface area contributed by atoms with Gasteiger partial charge in [0.1, 0.15) is 6.61 Å². The van der Waals surface area contributed by atoms with Crippen LogP contribution in [0.4, 0.5) is 0 Å². The maximum Gasteiger partial charge on any atom is 0.310 e. The summed E-state index contributed by atoms with van der Waals surface area (Å²) in [7, 11) is 0. The van der Waals surface area contributed by atoms with Crippen molar-refractivity contribution in [2.24, 2.45) is 0 Å². The van der Waals surface area contributed by atoms with E-state index < -0.39 is 0 Å². The first-order valence-electron chi connectivity index (χ1n) is 6.31. The minimum Gasteiger partial charge on any atom is -0.461 e. The Hall–Kier alpha value is -2.60. The molecule has 99 valence electrons. The van der Waals surface area contributed by atoms with Crippen LogP contribution in [0.2, 0.25) is 0 Å². The first kappa shape index (κ1) is 13.8. The molecule has 0 atom stereocenters. The first-order valence-corrected chi connectivity index (χ1v) is 6.31. The van der Waals surface area contributed by atoms with E-state index in [2.05, 4.69) is 6.07 Å². The number of carbonyl (C=O) groups is 1. The van der Waals surface area contributed by atoms with Crippen molar-refractivity contribution in [3.63, 3.8) is 0 Å². The molecule has 0 aromatic heterocycles. The predicted octanol–water partition coefficient (Wildman–Crippen LogP) is 3.05. The highest BCUT2D eigenvalue weighted by Gasteiger charge is 2.05. The van der Waals surface area contributed by atoms with Crippen LogP contribution in [0.3, 0.4) is 0 Å². The quantitative estimate of drug-likeness (QED) is 0.780. The smallest absolute Gasteiger partial charge is 0.310 e. The van der Waals surface area contributed by atoms with Crippen molar-refractivity contribution in [2.45, 2.75) is 13.0 Å². The van der Waals surface area contributed by atoms with E-state index in [9.17, 15) is 4.79 Å². The number of esters is 1. The second-order valence-corrected chi connectivity index (χ2v) is 4.31. The maximum atomic E-state index is 11.6. The number of ether oxygens (including phenoxy) is 1. The van der Waals surface area contributed by atoms with E-state index in [1.807, 2.05) is 42.5 Å². The summed E-state index contributed by atoms with van der Waals surface area (Å²) in [6.45, 7) is 0.281. The highest BCUT2D eigenvalue weighted by Crippen LogP contribution is 2.07. The standard InChI is InChI=1S/C17H14NO2/c18-12-15-8-6-14(7-9-15)10-11-17(19)20-13-16-4-2-1-3-5-16/h1-9,11H,10,13H2. The van der Waals surface area contributed by atoms with E-state index >= 15 is 0 Å². The predicted molar refractivity (Wildman–Crippen MR) is 75.4 cm³/mol. The zero-order valence-electron chi connectivity index (χ0n) is 11.0. The summed E-state index contributed by atoms with van der Waals surface area (Å²) in [6, 6.07) is 18.7. The van der Waals surface area contributed by atoms with Gasteiger partial charge in [-0.25, -0.2) is 0 Å². The van der Waals surface area contributed by atoms with Gasteiger partial charge in [0.15, 0.2) is 0 Å². The summed E-state index contributed by atoms with van der Waals surface area (Å²) in [5.41, 5.74) is 2.55. The lowest BCUT2D eigenvalue weighted by atomic mass is 10.1. The maximum absolute atomic E-state index is 11.6. The summed E-state index contributed by atoms with van der Waals surface area (Å²) < 4.78 is 5.15. The number of rotatable bonds is 5. The van der Waals surface area contributed by atoms with E-state index in [1.165, 1.54) is 6.42 Å². The summed E-state index contributed by atoms with van der Waals surface area (Å²) >= 11 is 0. The average molecular weight is 264 g/mol. The van der Waals surface area contributed by atoms with Crippen molar-refractivity contribution < 1.29 is 9.53 Å². The van der Waals surface area contributed by atoms with E-state index in [-0.39, 0.29) is 12.6 Å². The van der Waals surface area contributed by atoms with Crippen LogP contribution < -0.4 is 0 Å². The highest BCUT2D eigenvalue weighted by atomic mass is 16.5. The summed E-state index contributed by atoms with van der Waals surface area (Å²) in [6.07, 6.45) is 2.00. The number of nitrogens with zero attached hydrogens (tertiary/aromatic N) is 1. The molecule has 1 radical (unpaired) electrons. The molecule has 0 unspecified atom stereocenters. The number of benzene rings is 2. The minimum atomic E-state index is -0.335. The van der Waals surface area contributed by atoms with Crippen LogP contribution in [0.1, 0.15) is 16.7 Å². The molecule has 0 aliphatic heterocycles. The van der Waals surface area contributed by atoms with Crippen molar-refractivity contribution in [3.05, 3.63) is 77.7 Å². The van der Waals surface area contributed by atoms with Crippen molar-refractivity contribution in [1.29, 1.82) is 5.26 Å². The molecule has 3 heteroatoms. The fourth-order valence-electron chi connectivity index (χ4n) is 1.70. The third-order valence-corrected chi connectivity index (χ3v) is 2.81. The van der Waals surface area contributed by atoms with Crippen LogP contribution in [0.15, 0.2) is 54.6 Å². The summed E-state index contributed by atoms with van der Waals surface area (Å²) in [5, 5.41) is 8.69. The Morgan fingerprint density at radius 2 is 1.75 bits per heavy atom. The van der Waals surface area contributed by atoms with Gasteiger partial charge in [0.05, 0.1) is 18.1 Å². The number of carbonyl (C=O) groups excluding carboxylic acids is 1. The highest BCUT2D eigenvalue weighted by molar-refractivity contribution is 5.79. The molecule has 2 aromatic carbocycles. The van der Waals surface area contributed by atoms with Gasteiger partial charge in [-0.15, -0.1) is 0 Å². The molecule has 0 saturated carbocycles. The second-order valence-electron chi connectivity index (χ2n) is 4.31. The SMILES string of the molecule is N#Cc1ccc(C[CH]C(=O)OCc2ccccc2)cc1. The van der Waals surface area contributed by atoms with E-state index in [0.717, 1.165) is 11.1 Å². The van der Waals surface area contributed by atoms with Crippen LogP contribution in [0.5, 0.6) is 0 Å². The molecule has 20 heavy (non-hydrogen) atoms. The van der Waals surface area contributed by atoms with Gasteiger partial charge >= 0.3 is 5.97 Å². The molecule has 2 rings (SSSR count). The molecule has 0 aliphatic carbocycles. The lowest BCUT2D eigenvalue weighted by Gasteiger charge is -2.04. The molecule has 0 fully saturated rings. The average Bonchev–Trinajstić information content (AvgIpc) is 2.52. The molecular formula is C17H14NO2. The fraction of sp³-hybridized carbons (Fsp3) is 0.118. The molecule has 3 nitrogen and oxygen atoms in total. The Morgan fingerprint density at radius 1 is 1.05 bits per heavy atom. The number of hydrogen-bond acceptors (Lipinski definition) is 3. The topological polar surface area (TPSA) is 50.1 Å². The van der Waals surface area contributed by atoms with Crippen LogP contribution in [0.25, 0.3) is 0 Å². The van der Waals surface area contributed by atoms with Crippen LogP contribution >= 0.6 is 0 Å². The molecule has 0 amide bonds. The molecule has 2 aromatic rings. The van der Waals surface area contributed by atoms with Crippen molar-refractivity contribution in [1.82, 2.24) is 0 Å². The zero-order valence-corrected chi connectivity index (χ0v) is 11.0. The lowest BCUT2D eigenvalue weighted by Crippen LogP contribution is -2.06. The Labute approximate surface area is 118 Å². The normalized spacial score (nSPS) is 9.75. The van der Waals surface area contributed by atoms with Gasteiger partial charge in [-0.2, -0.15) is 5.26 Å². The van der Waals surface area contributed by atoms with Gasteiger partial charge in [-0.1, -0.05) is 42.5 Å². The lowest BCUT2D eigenvalue weighted by molar-refractivity contribution is -0.140. The molecule has 0 bridgehead atoms. The van der Waals surface area contributed by atoms with Crippen LogP contribution in [0, 0.1) is 17.8 Å². The Kier molecular flexibility index (Phi) is 4.91. The monoisotopic (exact) mass is 264 g/mol. The van der Waals surface area contributed by atoms with Crippen LogP contribution in [-0.4, -0.2) is 5.97 Å². The van der Waals surface area contributed by atoms with Gasteiger partial charge in [0.2, 0.25) is 0 Å². The first-order chi connectivity index (χ1) is 9.78. The van der Waals surface area contributed by atoms with E-state index in [0.29, 0.717) is 12.0 Å². The Bertz CT molecular complexity index is 597. The van der Waals surface area contributed by atoms with Gasteiger partial charge in [-0.05, 0) is 29.7 Å². The Morgan fingerprint density at radius 3 is 2.40 bits per heavy atom. The summed E-state index contributed by atoms with van der Waals surface area (Å²) in [5.74, 6) is -0.335. The van der Waals surface area contributed by atoms with Gasteiger partial charge < -0.3 is 4.74 Å². The van der Waals surface area contributed by atoms with Gasteiger partial charge in [0.25, 0.3) is 0 Å². The molecule has 0 aliphatic rings. The molecule has 0 heterocycles. The molecular weight excluding hydrogens is 250 g/mol. The number of hydrogen-bond donors (Lipinski definition) is 0. The second kappa shape index (κ2) is 7.10. The van der Waals surface area contributed by atoms with Crippen molar-refractivity contribution in [3.8, 4) is 6.07 Å². The van der Waals surface area contributed by atoms with Crippen molar-refractivity contribution in [2.75, 3.05) is 0 Å². The minimum absolute atomic E-state index is 0.281.